The Morgan fingerprint density at radius 1 is 1.17 bits per heavy atom. The normalized spacial score (nSPS) is 19.7. The number of carbonyl (C=O) groups excluding carboxylic acids is 1. The van der Waals surface area contributed by atoms with E-state index in [2.05, 4.69) is 19.2 Å². The van der Waals surface area contributed by atoms with Gasteiger partial charge in [0, 0.05) is 25.2 Å². The van der Waals surface area contributed by atoms with Crippen LogP contribution in [0.1, 0.15) is 51.5 Å². The molecule has 1 atom stereocenters. The maximum Gasteiger partial charge on any atom is 0.243 e. The predicted octanol–water partition coefficient (Wildman–Crippen LogP) is 2.77. The average molecular weight is 422 g/mol. The zero-order valence-electron chi connectivity index (χ0n) is 18.1. The Balaban J connectivity index is 1.70. The molecule has 1 aromatic rings. The number of nitrogens with zero attached hydrogens (tertiary/aromatic N) is 2. The smallest absolute Gasteiger partial charge is 0.243 e. The van der Waals surface area contributed by atoms with Crippen LogP contribution < -0.4 is 5.32 Å². The van der Waals surface area contributed by atoms with Crippen LogP contribution in [0.4, 0.5) is 0 Å². The molecule has 1 amide bonds. The van der Waals surface area contributed by atoms with Crippen molar-refractivity contribution in [1.29, 1.82) is 0 Å². The Kier molecular flexibility index (Phi) is 7.02. The van der Waals surface area contributed by atoms with Crippen molar-refractivity contribution in [3.63, 3.8) is 0 Å². The van der Waals surface area contributed by atoms with Crippen molar-refractivity contribution in [2.45, 2.75) is 75.9 Å². The van der Waals surface area contributed by atoms with Gasteiger partial charge in [-0.25, -0.2) is 8.42 Å². The molecular formula is C22H35N3O3S. The minimum Gasteiger partial charge on any atom is -0.341 e. The fraction of sp³-hybridized carbons (Fsp3) is 0.682. The number of sulfonamides is 1. The van der Waals surface area contributed by atoms with Crippen molar-refractivity contribution < 1.29 is 13.2 Å². The summed E-state index contributed by atoms with van der Waals surface area (Å²) >= 11 is 0. The Bertz CT molecular complexity index is 812. The maximum absolute atomic E-state index is 13.4. The monoisotopic (exact) mass is 421 g/mol. The minimum atomic E-state index is -3.52. The lowest BCUT2D eigenvalue weighted by Gasteiger charge is -2.39. The Hall–Kier alpha value is -1.44. The summed E-state index contributed by atoms with van der Waals surface area (Å²) in [7, 11) is -1.68. The number of likely N-dealkylation sites (tertiary alicyclic amines) is 1. The summed E-state index contributed by atoms with van der Waals surface area (Å²) in [6, 6.07) is 7.09. The van der Waals surface area contributed by atoms with Gasteiger partial charge in [-0.3, -0.25) is 4.79 Å². The molecule has 1 saturated heterocycles. The topological polar surface area (TPSA) is 69.7 Å². The first-order valence-corrected chi connectivity index (χ1v) is 12.2. The van der Waals surface area contributed by atoms with Crippen LogP contribution in [0.25, 0.3) is 0 Å². The molecule has 2 aliphatic rings. The molecule has 1 aromatic carbocycles. The molecule has 1 N–H and O–H groups in total. The van der Waals surface area contributed by atoms with Gasteiger partial charge in [0.2, 0.25) is 15.9 Å². The predicted molar refractivity (Wildman–Crippen MR) is 115 cm³/mol. The third kappa shape index (κ3) is 5.19. The average Bonchev–Trinajstić information content (AvgIpc) is 3.51. The number of carbonyl (C=O) groups is 1. The van der Waals surface area contributed by atoms with E-state index in [0.717, 1.165) is 24.8 Å². The summed E-state index contributed by atoms with van der Waals surface area (Å²) in [5.41, 5.74) is 0.950. The van der Waals surface area contributed by atoms with Crippen LogP contribution in [-0.2, 0) is 14.8 Å². The zero-order valence-corrected chi connectivity index (χ0v) is 18.9. The van der Waals surface area contributed by atoms with E-state index in [1.165, 1.54) is 0 Å². The molecule has 1 saturated carbocycles. The molecule has 7 heteroatoms. The molecule has 1 aliphatic carbocycles. The van der Waals surface area contributed by atoms with Crippen LogP contribution in [0.15, 0.2) is 29.2 Å². The van der Waals surface area contributed by atoms with Gasteiger partial charge in [0.15, 0.2) is 0 Å². The summed E-state index contributed by atoms with van der Waals surface area (Å²) in [6.45, 7) is 7.39. The van der Waals surface area contributed by atoms with Gasteiger partial charge < -0.3 is 10.2 Å². The van der Waals surface area contributed by atoms with Crippen LogP contribution in [0.2, 0.25) is 0 Å². The fourth-order valence-electron chi connectivity index (χ4n) is 4.29. The quantitative estimate of drug-likeness (QED) is 0.701. The van der Waals surface area contributed by atoms with E-state index in [9.17, 15) is 13.2 Å². The van der Waals surface area contributed by atoms with Crippen LogP contribution in [0.3, 0.4) is 0 Å². The molecule has 1 heterocycles. The van der Waals surface area contributed by atoms with Crippen molar-refractivity contribution in [3.05, 3.63) is 29.8 Å². The number of hydrogen-bond acceptors (Lipinski definition) is 4. The van der Waals surface area contributed by atoms with E-state index in [4.69, 9.17) is 0 Å². The Labute approximate surface area is 175 Å². The highest BCUT2D eigenvalue weighted by molar-refractivity contribution is 7.89. The lowest BCUT2D eigenvalue weighted by Crippen LogP contribution is -2.53. The SMILES string of the molecule is CNC(CC(C)C)C(=O)N1CCC(N(C2CC2)S(=O)(=O)c2cccc(C)c2)CC1. The number of amides is 1. The second-order valence-corrected chi connectivity index (χ2v) is 10.8. The van der Waals surface area contributed by atoms with Gasteiger partial charge in [0.05, 0.1) is 10.9 Å². The van der Waals surface area contributed by atoms with Gasteiger partial charge >= 0.3 is 0 Å². The van der Waals surface area contributed by atoms with Crippen molar-refractivity contribution in [3.8, 4) is 0 Å². The van der Waals surface area contributed by atoms with Crippen LogP contribution >= 0.6 is 0 Å². The van der Waals surface area contributed by atoms with Gasteiger partial charge in [0.25, 0.3) is 0 Å². The van der Waals surface area contributed by atoms with Crippen molar-refractivity contribution in [2.24, 2.45) is 5.92 Å². The van der Waals surface area contributed by atoms with Gasteiger partial charge in [-0.15, -0.1) is 0 Å². The first-order valence-electron chi connectivity index (χ1n) is 10.8. The lowest BCUT2D eigenvalue weighted by molar-refractivity contribution is -0.135. The van der Waals surface area contributed by atoms with E-state index in [1.807, 2.05) is 24.9 Å². The molecule has 1 unspecified atom stereocenters. The molecule has 2 fully saturated rings. The summed E-state index contributed by atoms with van der Waals surface area (Å²) in [5, 5.41) is 3.15. The van der Waals surface area contributed by atoms with Crippen molar-refractivity contribution in [1.82, 2.24) is 14.5 Å². The summed E-state index contributed by atoms with van der Waals surface area (Å²) < 4.78 is 28.5. The largest absolute Gasteiger partial charge is 0.341 e. The molecule has 1 aliphatic heterocycles. The second-order valence-electron chi connectivity index (χ2n) is 8.91. The van der Waals surface area contributed by atoms with Gasteiger partial charge in [0.1, 0.15) is 0 Å². The number of rotatable bonds is 8. The van der Waals surface area contributed by atoms with E-state index in [-0.39, 0.29) is 24.0 Å². The first kappa shape index (κ1) is 22.2. The summed E-state index contributed by atoms with van der Waals surface area (Å²) in [5.74, 6) is 0.581. The van der Waals surface area contributed by atoms with E-state index in [0.29, 0.717) is 36.7 Å². The number of nitrogens with one attached hydrogen (secondary N) is 1. The van der Waals surface area contributed by atoms with Gasteiger partial charge in [-0.05, 0) is 69.7 Å². The van der Waals surface area contributed by atoms with Crippen LogP contribution in [0.5, 0.6) is 0 Å². The van der Waals surface area contributed by atoms with Crippen molar-refractivity contribution in [2.75, 3.05) is 20.1 Å². The highest BCUT2D eigenvalue weighted by Crippen LogP contribution is 2.37. The molecule has 162 valence electrons. The number of piperidine rings is 1. The zero-order chi connectivity index (χ0) is 21.2. The van der Waals surface area contributed by atoms with Crippen molar-refractivity contribution >= 4 is 15.9 Å². The molecular weight excluding hydrogens is 386 g/mol. The summed E-state index contributed by atoms with van der Waals surface area (Å²) in [4.78, 5) is 15.2. The highest BCUT2D eigenvalue weighted by atomic mass is 32.2. The number of likely N-dealkylation sites (N-methyl/N-ethyl adjacent to an activating group) is 1. The molecule has 0 bridgehead atoms. The second kappa shape index (κ2) is 9.14. The molecule has 6 nitrogen and oxygen atoms in total. The number of benzene rings is 1. The van der Waals surface area contributed by atoms with Gasteiger partial charge in [-0.2, -0.15) is 4.31 Å². The van der Waals surface area contributed by atoms with Gasteiger partial charge in [-0.1, -0.05) is 26.0 Å². The summed E-state index contributed by atoms with van der Waals surface area (Å²) in [6.07, 6.45) is 4.07. The molecule has 0 aromatic heterocycles. The molecule has 3 rings (SSSR count). The van der Waals surface area contributed by atoms with Crippen LogP contribution in [0, 0.1) is 12.8 Å². The Morgan fingerprint density at radius 2 is 1.79 bits per heavy atom. The highest BCUT2D eigenvalue weighted by Gasteiger charge is 2.44. The van der Waals surface area contributed by atoms with E-state index in [1.54, 1.807) is 22.5 Å². The van der Waals surface area contributed by atoms with E-state index >= 15 is 0 Å². The standard InChI is InChI=1S/C22H35N3O3S/c1-16(2)14-21(23-4)22(26)24-12-10-19(11-13-24)25(18-8-9-18)29(27,28)20-7-5-6-17(3)15-20/h5-7,15-16,18-19,21,23H,8-14H2,1-4H3. The third-order valence-corrected chi connectivity index (χ3v) is 7.96. The molecule has 0 radical (unpaired) electrons. The first-order chi connectivity index (χ1) is 13.7. The number of aryl methyl sites for hydroxylation is 1. The Morgan fingerprint density at radius 3 is 2.31 bits per heavy atom. The third-order valence-electron chi connectivity index (χ3n) is 5.96. The molecule has 29 heavy (non-hydrogen) atoms. The molecule has 0 spiro atoms. The maximum atomic E-state index is 13.4. The van der Waals surface area contributed by atoms with E-state index < -0.39 is 10.0 Å². The van der Waals surface area contributed by atoms with Crippen LogP contribution in [-0.4, -0.2) is 61.8 Å². The lowest BCUT2D eigenvalue weighted by atomic mass is 10.00. The minimum absolute atomic E-state index is 0.0322. The number of hydrogen-bond donors (Lipinski definition) is 1. The fourth-order valence-corrected chi connectivity index (χ4v) is 6.33.